The maximum Gasteiger partial charge on any atom is 0.250 e. The summed E-state index contributed by atoms with van der Waals surface area (Å²) in [5.41, 5.74) is 0.799. The molecule has 108 valence electrons. The molecule has 2 heterocycles. The highest BCUT2D eigenvalue weighted by Crippen LogP contribution is 2.22. The lowest BCUT2D eigenvalue weighted by atomic mass is 10.3. The summed E-state index contributed by atoms with van der Waals surface area (Å²) in [6, 6.07) is 6.93. The van der Waals surface area contributed by atoms with Crippen molar-refractivity contribution in [2.75, 3.05) is 7.11 Å². The van der Waals surface area contributed by atoms with Gasteiger partial charge < -0.3 is 4.74 Å². The van der Waals surface area contributed by atoms with Gasteiger partial charge in [-0.2, -0.15) is 0 Å². The summed E-state index contributed by atoms with van der Waals surface area (Å²) in [5.74, 6) is 0.464. The highest BCUT2D eigenvalue weighted by molar-refractivity contribution is 7.91. The number of aryl methyl sites for hydroxylation is 1. The fourth-order valence-corrected chi connectivity index (χ4v) is 3.97. The van der Waals surface area contributed by atoms with Crippen LogP contribution >= 0.6 is 11.3 Å². The monoisotopic (exact) mass is 312 g/mol. The second-order valence-electron chi connectivity index (χ2n) is 4.11. The van der Waals surface area contributed by atoms with Gasteiger partial charge in [0.05, 0.1) is 7.11 Å². The molecule has 0 bridgehead atoms. The van der Waals surface area contributed by atoms with Crippen molar-refractivity contribution in [3.63, 3.8) is 0 Å². The summed E-state index contributed by atoms with van der Waals surface area (Å²) in [7, 11) is -1.94. The van der Waals surface area contributed by atoms with Gasteiger partial charge in [-0.25, -0.2) is 18.1 Å². The Kier molecular flexibility index (Phi) is 4.74. The number of methoxy groups -OCH3 is 1. The number of hydrogen-bond donors (Lipinski definition) is 1. The molecule has 0 aromatic carbocycles. The first-order chi connectivity index (χ1) is 9.55. The van der Waals surface area contributed by atoms with Crippen molar-refractivity contribution >= 4 is 21.4 Å². The molecule has 0 aliphatic rings. The Bertz CT molecular complexity index is 680. The number of aromatic nitrogens is 1. The Labute approximate surface area is 122 Å². The average molecular weight is 312 g/mol. The molecule has 0 saturated heterocycles. The Hall–Kier alpha value is -1.44. The van der Waals surface area contributed by atoms with E-state index in [1.165, 1.54) is 18.4 Å². The molecule has 0 aliphatic heterocycles. The minimum Gasteiger partial charge on any atom is -0.481 e. The average Bonchev–Trinajstić information content (AvgIpc) is 2.95. The molecule has 2 aromatic rings. The van der Waals surface area contributed by atoms with Crippen molar-refractivity contribution in [2.45, 2.75) is 24.1 Å². The summed E-state index contributed by atoms with van der Waals surface area (Å²) in [6.07, 6.45) is 2.42. The van der Waals surface area contributed by atoms with E-state index < -0.39 is 10.0 Å². The summed E-state index contributed by atoms with van der Waals surface area (Å²) in [4.78, 5) is 5.03. The van der Waals surface area contributed by atoms with Gasteiger partial charge in [0, 0.05) is 23.7 Å². The molecule has 0 amide bonds. The van der Waals surface area contributed by atoms with E-state index in [0.29, 0.717) is 10.1 Å². The number of nitrogens with one attached hydrogen (secondary N) is 1. The van der Waals surface area contributed by atoms with Crippen LogP contribution in [0.25, 0.3) is 0 Å². The van der Waals surface area contributed by atoms with E-state index in [1.54, 1.807) is 24.4 Å². The number of ether oxygens (including phenoxy) is 1. The second kappa shape index (κ2) is 6.34. The first kappa shape index (κ1) is 15.0. The van der Waals surface area contributed by atoms with Crippen LogP contribution in [0.5, 0.6) is 5.88 Å². The van der Waals surface area contributed by atoms with Crippen LogP contribution in [0.15, 0.2) is 34.7 Å². The number of pyridine rings is 1. The summed E-state index contributed by atoms with van der Waals surface area (Å²) >= 11 is 1.30. The normalized spacial score (nSPS) is 11.5. The van der Waals surface area contributed by atoms with Gasteiger partial charge in [0.25, 0.3) is 0 Å². The van der Waals surface area contributed by atoms with Crippen molar-refractivity contribution in [1.82, 2.24) is 9.71 Å². The molecular weight excluding hydrogens is 296 g/mol. The van der Waals surface area contributed by atoms with Crippen LogP contribution in [0.1, 0.15) is 17.4 Å². The predicted molar refractivity (Wildman–Crippen MR) is 78.5 cm³/mol. The summed E-state index contributed by atoms with van der Waals surface area (Å²) < 4.78 is 32.2. The third kappa shape index (κ3) is 3.56. The van der Waals surface area contributed by atoms with Gasteiger partial charge in [0.2, 0.25) is 15.9 Å². The van der Waals surface area contributed by atoms with Gasteiger partial charge in [-0.15, -0.1) is 11.3 Å². The molecule has 0 unspecified atom stereocenters. The molecule has 0 aliphatic carbocycles. The highest BCUT2D eigenvalue weighted by Gasteiger charge is 2.16. The standard InChI is InChI=1S/C13H16N2O3S2/c1-3-11-4-5-13(19-11)20(16,17)15-9-10-6-7-14-12(8-10)18-2/h4-8,15H,3,9H2,1-2H3. The number of rotatable bonds is 6. The third-order valence-corrected chi connectivity index (χ3v) is 5.85. The van der Waals surface area contributed by atoms with E-state index in [-0.39, 0.29) is 6.54 Å². The predicted octanol–water partition coefficient (Wildman–Crippen LogP) is 2.19. The van der Waals surface area contributed by atoms with Crippen molar-refractivity contribution in [2.24, 2.45) is 0 Å². The van der Waals surface area contributed by atoms with Crippen molar-refractivity contribution in [3.05, 3.63) is 40.9 Å². The largest absolute Gasteiger partial charge is 0.481 e. The molecule has 0 atom stereocenters. The molecule has 0 spiro atoms. The fraction of sp³-hybridized carbons (Fsp3) is 0.308. The first-order valence-corrected chi connectivity index (χ1v) is 8.42. The van der Waals surface area contributed by atoms with Gasteiger partial charge in [-0.05, 0) is 30.2 Å². The van der Waals surface area contributed by atoms with Crippen LogP contribution in [-0.4, -0.2) is 20.5 Å². The van der Waals surface area contributed by atoms with E-state index in [2.05, 4.69) is 9.71 Å². The SMILES string of the molecule is CCc1ccc(S(=O)(=O)NCc2ccnc(OC)c2)s1. The smallest absolute Gasteiger partial charge is 0.250 e. The van der Waals surface area contributed by atoms with Crippen LogP contribution in [0.4, 0.5) is 0 Å². The molecule has 0 radical (unpaired) electrons. The van der Waals surface area contributed by atoms with E-state index in [0.717, 1.165) is 16.9 Å². The Morgan fingerprint density at radius 1 is 1.35 bits per heavy atom. The van der Waals surface area contributed by atoms with Crippen molar-refractivity contribution in [1.29, 1.82) is 0 Å². The molecule has 0 saturated carbocycles. The van der Waals surface area contributed by atoms with E-state index >= 15 is 0 Å². The first-order valence-electron chi connectivity index (χ1n) is 6.12. The second-order valence-corrected chi connectivity index (χ2v) is 7.27. The van der Waals surface area contributed by atoms with E-state index in [9.17, 15) is 8.42 Å². The van der Waals surface area contributed by atoms with E-state index in [1.807, 2.05) is 13.0 Å². The number of sulfonamides is 1. The van der Waals surface area contributed by atoms with Crippen molar-refractivity contribution in [3.8, 4) is 5.88 Å². The topological polar surface area (TPSA) is 68.3 Å². The Morgan fingerprint density at radius 2 is 2.15 bits per heavy atom. The van der Waals surface area contributed by atoms with Gasteiger partial charge in [0.1, 0.15) is 4.21 Å². The number of nitrogens with zero attached hydrogens (tertiary/aromatic N) is 1. The Morgan fingerprint density at radius 3 is 2.80 bits per heavy atom. The zero-order valence-electron chi connectivity index (χ0n) is 11.3. The highest BCUT2D eigenvalue weighted by atomic mass is 32.2. The fourth-order valence-electron chi connectivity index (χ4n) is 1.61. The van der Waals surface area contributed by atoms with Gasteiger partial charge in [0.15, 0.2) is 0 Å². The summed E-state index contributed by atoms with van der Waals surface area (Å²) in [5, 5.41) is 0. The van der Waals surface area contributed by atoms with Gasteiger partial charge >= 0.3 is 0 Å². The van der Waals surface area contributed by atoms with Crippen LogP contribution in [0.2, 0.25) is 0 Å². The van der Waals surface area contributed by atoms with Gasteiger partial charge in [-0.3, -0.25) is 0 Å². The maximum atomic E-state index is 12.1. The third-order valence-electron chi connectivity index (χ3n) is 2.73. The summed E-state index contributed by atoms with van der Waals surface area (Å²) in [6.45, 7) is 2.21. The van der Waals surface area contributed by atoms with Crippen LogP contribution in [0.3, 0.4) is 0 Å². The number of hydrogen-bond acceptors (Lipinski definition) is 5. The van der Waals surface area contributed by atoms with Crippen LogP contribution < -0.4 is 9.46 Å². The zero-order chi connectivity index (χ0) is 14.6. The zero-order valence-corrected chi connectivity index (χ0v) is 12.9. The lowest BCUT2D eigenvalue weighted by Crippen LogP contribution is -2.22. The molecule has 20 heavy (non-hydrogen) atoms. The van der Waals surface area contributed by atoms with Crippen LogP contribution in [-0.2, 0) is 23.0 Å². The molecule has 1 N–H and O–H groups in total. The van der Waals surface area contributed by atoms with E-state index in [4.69, 9.17) is 4.74 Å². The maximum absolute atomic E-state index is 12.1. The Balaban J connectivity index is 2.08. The number of thiophene rings is 1. The molecule has 2 aromatic heterocycles. The molecule has 7 heteroatoms. The minimum absolute atomic E-state index is 0.209. The molecule has 0 fully saturated rings. The van der Waals surface area contributed by atoms with Gasteiger partial charge in [-0.1, -0.05) is 6.92 Å². The quantitative estimate of drug-likeness (QED) is 0.888. The molecule has 2 rings (SSSR count). The molecular formula is C13H16N2O3S2. The minimum atomic E-state index is -3.46. The lowest BCUT2D eigenvalue weighted by Gasteiger charge is -2.06. The lowest BCUT2D eigenvalue weighted by molar-refractivity contribution is 0.397. The molecule has 5 nitrogen and oxygen atoms in total. The van der Waals surface area contributed by atoms with Crippen LogP contribution in [0, 0.1) is 0 Å². The van der Waals surface area contributed by atoms with Crippen molar-refractivity contribution < 1.29 is 13.2 Å².